The van der Waals surface area contributed by atoms with Gasteiger partial charge in [-0.25, -0.2) is 0 Å². The Kier molecular flexibility index (Phi) is 4.97. The fraction of sp³-hybridized carbons (Fsp3) is 0.368. The van der Waals surface area contributed by atoms with Crippen molar-refractivity contribution >= 4 is 0 Å². The van der Waals surface area contributed by atoms with Crippen LogP contribution in [0, 0.1) is 13.8 Å². The van der Waals surface area contributed by atoms with E-state index in [0.29, 0.717) is 6.04 Å². The third kappa shape index (κ3) is 3.71. The Hall–Kier alpha value is -1.60. The van der Waals surface area contributed by atoms with E-state index in [1.807, 2.05) is 0 Å². The van der Waals surface area contributed by atoms with Crippen LogP contribution in [-0.4, -0.2) is 0 Å². The topological polar surface area (TPSA) is 12.0 Å². The molecule has 0 spiro atoms. The Morgan fingerprint density at radius 1 is 1.00 bits per heavy atom. The zero-order chi connectivity index (χ0) is 14.5. The third-order valence-corrected chi connectivity index (χ3v) is 3.99. The van der Waals surface area contributed by atoms with Crippen molar-refractivity contribution in [2.75, 3.05) is 0 Å². The number of benzene rings is 2. The quantitative estimate of drug-likeness (QED) is 0.826. The van der Waals surface area contributed by atoms with Gasteiger partial charge in [-0.05, 0) is 49.4 Å². The van der Waals surface area contributed by atoms with Gasteiger partial charge >= 0.3 is 0 Å². The lowest BCUT2D eigenvalue weighted by Gasteiger charge is -2.16. The van der Waals surface area contributed by atoms with E-state index in [2.05, 4.69) is 75.5 Å². The molecule has 2 rings (SSSR count). The van der Waals surface area contributed by atoms with Gasteiger partial charge in [-0.1, -0.05) is 55.0 Å². The largest absolute Gasteiger partial charge is 0.306 e. The number of hydrogen-bond donors (Lipinski definition) is 1. The Morgan fingerprint density at radius 2 is 1.70 bits per heavy atom. The molecular formula is C19H25N. The van der Waals surface area contributed by atoms with Crippen LogP contribution in [0.2, 0.25) is 0 Å². The molecule has 0 saturated heterocycles. The highest BCUT2D eigenvalue weighted by atomic mass is 14.9. The first-order chi connectivity index (χ1) is 9.60. The van der Waals surface area contributed by atoms with Crippen LogP contribution in [0.1, 0.15) is 47.7 Å². The first-order valence-electron chi connectivity index (χ1n) is 7.48. The van der Waals surface area contributed by atoms with Gasteiger partial charge in [0.25, 0.3) is 0 Å². The molecule has 0 aromatic heterocycles. The number of aryl methyl sites for hydroxylation is 3. The minimum atomic E-state index is 0.376. The predicted octanol–water partition coefficient (Wildman–Crippen LogP) is 4.72. The molecule has 0 aliphatic heterocycles. The van der Waals surface area contributed by atoms with E-state index < -0.39 is 0 Å². The first kappa shape index (κ1) is 14.8. The van der Waals surface area contributed by atoms with Crippen LogP contribution >= 0.6 is 0 Å². The van der Waals surface area contributed by atoms with Crippen LogP contribution in [-0.2, 0) is 13.0 Å². The van der Waals surface area contributed by atoms with Crippen LogP contribution in [0.15, 0.2) is 42.5 Å². The average Bonchev–Trinajstić information content (AvgIpc) is 2.48. The van der Waals surface area contributed by atoms with Crippen molar-refractivity contribution in [3.05, 3.63) is 70.3 Å². The number of hydrogen-bond acceptors (Lipinski definition) is 1. The molecule has 1 heteroatoms. The SMILES string of the molecule is CCc1ccc(C(C)NCc2cc(C)ccc2C)cc1. The molecule has 1 nitrogen and oxygen atoms in total. The van der Waals surface area contributed by atoms with E-state index in [4.69, 9.17) is 0 Å². The molecule has 0 aliphatic carbocycles. The third-order valence-electron chi connectivity index (χ3n) is 3.99. The van der Waals surface area contributed by atoms with E-state index in [9.17, 15) is 0 Å². The summed E-state index contributed by atoms with van der Waals surface area (Å²) in [5.74, 6) is 0. The van der Waals surface area contributed by atoms with Crippen molar-refractivity contribution in [1.82, 2.24) is 5.32 Å². The second kappa shape index (κ2) is 6.71. The molecule has 0 amide bonds. The van der Waals surface area contributed by atoms with Gasteiger partial charge in [0.1, 0.15) is 0 Å². The molecular weight excluding hydrogens is 242 g/mol. The Labute approximate surface area is 123 Å². The lowest BCUT2D eigenvalue weighted by Crippen LogP contribution is -2.18. The van der Waals surface area contributed by atoms with E-state index in [1.165, 1.54) is 27.8 Å². The van der Waals surface area contributed by atoms with E-state index in [0.717, 1.165) is 13.0 Å². The maximum atomic E-state index is 3.62. The zero-order valence-corrected chi connectivity index (χ0v) is 13.0. The van der Waals surface area contributed by atoms with Crippen LogP contribution in [0.5, 0.6) is 0 Å². The van der Waals surface area contributed by atoms with Gasteiger partial charge < -0.3 is 5.32 Å². The van der Waals surface area contributed by atoms with Gasteiger partial charge in [-0.15, -0.1) is 0 Å². The highest BCUT2D eigenvalue weighted by molar-refractivity contribution is 5.31. The monoisotopic (exact) mass is 267 g/mol. The zero-order valence-electron chi connectivity index (χ0n) is 13.0. The van der Waals surface area contributed by atoms with Crippen molar-refractivity contribution < 1.29 is 0 Å². The van der Waals surface area contributed by atoms with Crippen LogP contribution < -0.4 is 5.32 Å². The average molecular weight is 267 g/mol. The highest BCUT2D eigenvalue weighted by Crippen LogP contribution is 2.16. The minimum Gasteiger partial charge on any atom is -0.306 e. The summed E-state index contributed by atoms with van der Waals surface area (Å²) in [5, 5.41) is 3.62. The second-order valence-electron chi connectivity index (χ2n) is 5.63. The molecule has 0 aliphatic rings. The van der Waals surface area contributed by atoms with Crippen LogP contribution in [0.25, 0.3) is 0 Å². The van der Waals surface area contributed by atoms with Crippen LogP contribution in [0.4, 0.5) is 0 Å². The molecule has 106 valence electrons. The maximum absolute atomic E-state index is 3.62. The lowest BCUT2D eigenvalue weighted by atomic mass is 10.0. The number of rotatable bonds is 5. The normalized spacial score (nSPS) is 12.4. The minimum absolute atomic E-state index is 0.376. The van der Waals surface area contributed by atoms with Gasteiger partial charge in [0.2, 0.25) is 0 Å². The summed E-state index contributed by atoms with van der Waals surface area (Å²) in [7, 11) is 0. The molecule has 0 radical (unpaired) electrons. The standard InChI is InChI=1S/C19H25N/c1-5-17-8-10-18(11-9-17)16(4)20-13-19-12-14(2)6-7-15(19)3/h6-12,16,20H,5,13H2,1-4H3. The summed E-state index contributed by atoms with van der Waals surface area (Å²) in [6, 6.07) is 15.9. The Balaban J connectivity index is 2.00. The smallest absolute Gasteiger partial charge is 0.0294 e. The summed E-state index contributed by atoms with van der Waals surface area (Å²) in [6.45, 7) is 9.67. The molecule has 1 atom stereocenters. The van der Waals surface area contributed by atoms with Gasteiger partial charge in [-0.2, -0.15) is 0 Å². The van der Waals surface area contributed by atoms with Crippen LogP contribution in [0.3, 0.4) is 0 Å². The van der Waals surface area contributed by atoms with Crippen molar-refractivity contribution in [1.29, 1.82) is 0 Å². The summed E-state index contributed by atoms with van der Waals surface area (Å²) >= 11 is 0. The van der Waals surface area contributed by atoms with Crippen molar-refractivity contribution in [2.45, 2.75) is 46.7 Å². The summed E-state index contributed by atoms with van der Waals surface area (Å²) in [6.07, 6.45) is 1.10. The second-order valence-corrected chi connectivity index (χ2v) is 5.63. The molecule has 1 N–H and O–H groups in total. The predicted molar refractivity (Wildman–Crippen MR) is 87.0 cm³/mol. The van der Waals surface area contributed by atoms with E-state index in [-0.39, 0.29) is 0 Å². The molecule has 0 fully saturated rings. The Morgan fingerprint density at radius 3 is 2.35 bits per heavy atom. The lowest BCUT2D eigenvalue weighted by molar-refractivity contribution is 0.573. The molecule has 1 unspecified atom stereocenters. The van der Waals surface area contributed by atoms with Gasteiger partial charge in [0.05, 0.1) is 0 Å². The number of nitrogens with one attached hydrogen (secondary N) is 1. The highest BCUT2D eigenvalue weighted by Gasteiger charge is 2.06. The molecule has 0 bridgehead atoms. The van der Waals surface area contributed by atoms with Crippen molar-refractivity contribution in [2.24, 2.45) is 0 Å². The van der Waals surface area contributed by atoms with Gasteiger partial charge in [0.15, 0.2) is 0 Å². The summed E-state index contributed by atoms with van der Waals surface area (Å²) < 4.78 is 0. The summed E-state index contributed by atoms with van der Waals surface area (Å²) in [5.41, 5.74) is 6.83. The Bertz CT molecular complexity index is 554. The molecule has 0 heterocycles. The van der Waals surface area contributed by atoms with E-state index in [1.54, 1.807) is 0 Å². The molecule has 20 heavy (non-hydrogen) atoms. The fourth-order valence-corrected chi connectivity index (χ4v) is 2.41. The fourth-order valence-electron chi connectivity index (χ4n) is 2.41. The molecule has 2 aromatic rings. The van der Waals surface area contributed by atoms with Gasteiger partial charge in [0, 0.05) is 12.6 Å². The molecule has 2 aromatic carbocycles. The van der Waals surface area contributed by atoms with Gasteiger partial charge in [-0.3, -0.25) is 0 Å². The van der Waals surface area contributed by atoms with Crippen molar-refractivity contribution in [3.63, 3.8) is 0 Å². The molecule has 0 saturated carbocycles. The maximum Gasteiger partial charge on any atom is 0.0294 e. The van der Waals surface area contributed by atoms with E-state index >= 15 is 0 Å². The summed E-state index contributed by atoms with van der Waals surface area (Å²) in [4.78, 5) is 0. The van der Waals surface area contributed by atoms with Crippen molar-refractivity contribution in [3.8, 4) is 0 Å². The first-order valence-corrected chi connectivity index (χ1v) is 7.48.